The van der Waals surface area contributed by atoms with E-state index in [1.165, 1.54) is 25.1 Å². The zero-order valence-electron chi connectivity index (χ0n) is 11.0. The molecule has 0 radical (unpaired) electrons. The van der Waals surface area contributed by atoms with Crippen molar-refractivity contribution in [3.63, 3.8) is 0 Å². The number of alkyl halides is 3. The van der Waals surface area contributed by atoms with Crippen LogP contribution in [0.15, 0.2) is 29.2 Å². The van der Waals surface area contributed by atoms with Gasteiger partial charge in [-0.25, -0.2) is 8.42 Å². The maximum Gasteiger partial charge on any atom is 0.426 e. The summed E-state index contributed by atoms with van der Waals surface area (Å²) in [5, 5.41) is 0. The normalized spacial score (nSPS) is 15.7. The van der Waals surface area contributed by atoms with E-state index in [4.69, 9.17) is 10.5 Å². The fourth-order valence-corrected chi connectivity index (χ4v) is 2.19. The summed E-state index contributed by atoms with van der Waals surface area (Å²) in [6.07, 6.45) is -5.76. The summed E-state index contributed by atoms with van der Waals surface area (Å²) in [5.74, 6) is -0.181. The monoisotopic (exact) mass is 311 g/mol. The van der Waals surface area contributed by atoms with E-state index in [-0.39, 0.29) is 17.1 Å². The van der Waals surface area contributed by atoms with Crippen molar-refractivity contribution < 1.29 is 26.3 Å². The lowest BCUT2D eigenvalue weighted by atomic mass is 10.1. The number of ether oxygens (including phenoxy) is 1. The molecular formula is C12H16F3NO3S. The Morgan fingerprint density at radius 2 is 1.95 bits per heavy atom. The van der Waals surface area contributed by atoms with Crippen molar-refractivity contribution in [1.29, 1.82) is 0 Å². The van der Waals surface area contributed by atoms with Crippen LogP contribution < -0.4 is 10.5 Å². The molecule has 0 aliphatic carbocycles. The van der Waals surface area contributed by atoms with E-state index in [1.807, 2.05) is 0 Å². The highest BCUT2D eigenvalue weighted by Gasteiger charge is 2.45. The SMILES string of the molecule is CCC(N)C(Oc1cccc(S(C)(=O)=O)c1)C(F)(F)F. The maximum absolute atomic E-state index is 12.9. The van der Waals surface area contributed by atoms with Crippen LogP contribution in [0.25, 0.3) is 0 Å². The Balaban J connectivity index is 3.07. The fourth-order valence-electron chi connectivity index (χ4n) is 1.54. The molecule has 1 aromatic rings. The summed E-state index contributed by atoms with van der Waals surface area (Å²) in [6, 6.07) is 3.69. The van der Waals surface area contributed by atoms with Gasteiger partial charge in [-0.2, -0.15) is 13.2 Å². The second kappa shape index (κ2) is 6.01. The van der Waals surface area contributed by atoms with Crippen molar-refractivity contribution in [2.75, 3.05) is 6.26 Å². The lowest BCUT2D eigenvalue weighted by molar-refractivity contribution is -0.200. The molecule has 2 unspecified atom stereocenters. The van der Waals surface area contributed by atoms with Gasteiger partial charge in [-0.15, -0.1) is 0 Å². The first-order chi connectivity index (χ1) is 9.05. The zero-order valence-corrected chi connectivity index (χ0v) is 11.8. The van der Waals surface area contributed by atoms with Crippen molar-refractivity contribution in [3.05, 3.63) is 24.3 Å². The summed E-state index contributed by atoms with van der Waals surface area (Å²) in [6.45, 7) is 1.51. The molecule has 0 saturated carbocycles. The van der Waals surface area contributed by atoms with Gasteiger partial charge in [-0.05, 0) is 24.6 Å². The molecule has 0 heterocycles. The van der Waals surface area contributed by atoms with E-state index in [0.717, 1.165) is 12.3 Å². The van der Waals surface area contributed by atoms with Crippen LogP contribution in [0, 0.1) is 0 Å². The lowest BCUT2D eigenvalue weighted by Crippen LogP contribution is -2.48. The average Bonchev–Trinajstić information content (AvgIpc) is 2.33. The largest absolute Gasteiger partial charge is 0.479 e. The van der Waals surface area contributed by atoms with Gasteiger partial charge in [-0.3, -0.25) is 0 Å². The van der Waals surface area contributed by atoms with Gasteiger partial charge in [0.15, 0.2) is 9.84 Å². The van der Waals surface area contributed by atoms with Crippen LogP contribution in [0.2, 0.25) is 0 Å². The average molecular weight is 311 g/mol. The molecule has 0 spiro atoms. The number of nitrogens with two attached hydrogens (primary N) is 1. The van der Waals surface area contributed by atoms with Crippen LogP contribution in [-0.4, -0.2) is 33.0 Å². The molecule has 2 N–H and O–H groups in total. The number of hydrogen-bond acceptors (Lipinski definition) is 4. The van der Waals surface area contributed by atoms with Gasteiger partial charge in [-0.1, -0.05) is 13.0 Å². The third kappa shape index (κ3) is 4.38. The van der Waals surface area contributed by atoms with Gasteiger partial charge < -0.3 is 10.5 Å². The third-order valence-electron chi connectivity index (χ3n) is 2.68. The van der Waals surface area contributed by atoms with Gasteiger partial charge in [0.2, 0.25) is 6.10 Å². The summed E-state index contributed by atoms with van der Waals surface area (Å²) in [7, 11) is -3.51. The molecule has 20 heavy (non-hydrogen) atoms. The molecule has 0 amide bonds. The molecule has 0 fully saturated rings. The number of rotatable bonds is 5. The van der Waals surface area contributed by atoms with E-state index in [1.54, 1.807) is 0 Å². The van der Waals surface area contributed by atoms with Crippen LogP contribution >= 0.6 is 0 Å². The number of halogens is 3. The molecular weight excluding hydrogens is 295 g/mol. The summed E-state index contributed by atoms with van der Waals surface area (Å²) in [5.41, 5.74) is 5.41. The topological polar surface area (TPSA) is 69.4 Å². The highest BCUT2D eigenvalue weighted by Crippen LogP contribution is 2.28. The predicted molar refractivity (Wildman–Crippen MR) is 68.3 cm³/mol. The number of benzene rings is 1. The molecule has 0 aromatic heterocycles. The first-order valence-electron chi connectivity index (χ1n) is 5.84. The van der Waals surface area contributed by atoms with Crippen LogP contribution in [0.4, 0.5) is 13.2 Å². The minimum Gasteiger partial charge on any atom is -0.479 e. The molecule has 2 atom stereocenters. The second-order valence-electron chi connectivity index (χ2n) is 4.40. The molecule has 0 aliphatic rings. The van der Waals surface area contributed by atoms with Gasteiger partial charge >= 0.3 is 6.18 Å². The van der Waals surface area contributed by atoms with Crippen molar-refractivity contribution in [2.24, 2.45) is 5.73 Å². The van der Waals surface area contributed by atoms with Crippen LogP contribution in [0.3, 0.4) is 0 Å². The summed E-state index contributed by atoms with van der Waals surface area (Å²) >= 11 is 0. The highest BCUT2D eigenvalue weighted by molar-refractivity contribution is 7.90. The Bertz CT molecular complexity index is 557. The minimum atomic E-state index is -4.63. The molecule has 0 aliphatic heterocycles. The van der Waals surface area contributed by atoms with Crippen molar-refractivity contribution in [1.82, 2.24) is 0 Å². The Hall–Kier alpha value is -1.28. The third-order valence-corrected chi connectivity index (χ3v) is 3.79. The van der Waals surface area contributed by atoms with Crippen LogP contribution in [-0.2, 0) is 9.84 Å². The lowest BCUT2D eigenvalue weighted by Gasteiger charge is -2.26. The van der Waals surface area contributed by atoms with E-state index >= 15 is 0 Å². The molecule has 4 nitrogen and oxygen atoms in total. The Morgan fingerprint density at radius 3 is 2.40 bits per heavy atom. The Kier molecular flexibility index (Phi) is 5.04. The molecule has 114 valence electrons. The van der Waals surface area contributed by atoms with E-state index in [0.29, 0.717) is 0 Å². The van der Waals surface area contributed by atoms with E-state index < -0.39 is 28.2 Å². The van der Waals surface area contributed by atoms with Gasteiger partial charge in [0.25, 0.3) is 0 Å². The molecule has 1 rings (SSSR count). The summed E-state index contributed by atoms with van der Waals surface area (Å²) in [4.78, 5) is -0.110. The highest BCUT2D eigenvalue weighted by atomic mass is 32.2. The van der Waals surface area contributed by atoms with Gasteiger partial charge in [0, 0.05) is 6.26 Å². The Labute approximate surface area is 115 Å². The fraction of sp³-hybridized carbons (Fsp3) is 0.500. The minimum absolute atomic E-state index is 0.0793. The predicted octanol–water partition coefficient (Wildman–Crippen LogP) is 2.14. The van der Waals surface area contributed by atoms with Gasteiger partial charge in [0.1, 0.15) is 5.75 Å². The van der Waals surface area contributed by atoms with Crippen molar-refractivity contribution >= 4 is 9.84 Å². The number of sulfone groups is 1. The standard InChI is InChI=1S/C12H16F3NO3S/c1-3-10(16)11(12(13,14)15)19-8-5-4-6-9(7-8)20(2,17)18/h4-7,10-11H,3,16H2,1-2H3. The Morgan fingerprint density at radius 1 is 1.35 bits per heavy atom. The number of hydrogen-bond donors (Lipinski definition) is 1. The first-order valence-corrected chi connectivity index (χ1v) is 7.74. The first kappa shape index (κ1) is 16.8. The van der Waals surface area contributed by atoms with Crippen molar-refractivity contribution in [3.8, 4) is 5.75 Å². The van der Waals surface area contributed by atoms with Crippen LogP contribution in [0.5, 0.6) is 5.75 Å². The summed E-state index contributed by atoms with van der Waals surface area (Å²) < 4.78 is 66.1. The smallest absolute Gasteiger partial charge is 0.426 e. The van der Waals surface area contributed by atoms with Crippen molar-refractivity contribution in [2.45, 2.75) is 36.6 Å². The van der Waals surface area contributed by atoms with E-state index in [2.05, 4.69) is 0 Å². The molecule has 8 heteroatoms. The molecule has 1 aromatic carbocycles. The molecule has 0 bridgehead atoms. The van der Waals surface area contributed by atoms with E-state index in [9.17, 15) is 21.6 Å². The van der Waals surface area contributed by atoms with Crippen LogP contribution in [0.1, 0.15) is 13.3 Å². The maximum atomic E-state index is 12.9. The van der Waals surface area contributed by atoms with Gasteiger partial charge in [0.05, 0.1) is 10.9 Å². The zero-order chi connectivity index (χ0) is 15.6. The quantitative estimate of drug-likeness (QED) is 0.904. The molecule has 0 saturated heterocycles. The second-order valence-corrected chi connectivity index (χ2v) is 6.41.